The minimum absolute atomic E-state index is 0.163. The molecule has 19 heavy (non-hydrogen) atoms. The highest BCUT2D eigenvalue weighted by Crippen LogP contribution is 2.23. The maximum atomic E-state index is 12.2. The molecule has 0 saturated carbocycles. The SMILES string of the molecule is CC(C)(C(=O)NS(=O)(=O)C(F)(F)F)N1C=NCNC1. The van der Waals surface area contributed by atoms with E-state index in [2.05, 4.69) is 10.3 Å². The van der Waals surface area contributed by atoms with Crippen molar-refractivity contribution < 1.29 is 26.4 Å². The molecule has 1 aliphatic heterocycles. The number of amides is 1. The normalized spacial score (nSPS) is 17.4. The average molecular weight is 302 g/mol. The summed E-state index contributed by atoms with van der Waals surface area (Å²) in [5.74, 6) is -1.29. The van der Waals surface area contributed by atoms with Gasteiger partial charge in [0.2, 0.25) is 0 Å². The molecule has 1 amide bonds. The maximum absolute atomic E-state index is 12.2. The summed E-state index contributed by atoms with van der Waals surface area (Å²) >= 11 is 0. The highest BCUT2D eigenvalue weighted by molar-refractivity contribution is 7.90. The molecule has 11 heteroatoms. The number of carbonyl (C=O) groups is 1. The quantitative estimate of drug-likeness (QED) is 0.739. The zero-order chi connectivity index (χ0) is 14.9. The summed E-state index contributed by atoms with van der Waals surface area (Å²) in [5.41, 5.74) is -7.04. The van der Waals surface area contributed by atoms with Gasteiger partial charge in [-0.05, 0) is 13.8 Å². The van der Waals surface area contributed by atoms with Crippen molar-refractivity contribution >= 4 is 22.3 Å². The lowest BCUT2D eigenvalue weighted by Crippen LogP contribution is -2.59. The van der Waals surface area contributed by atoms with Crippen LogP contribution in [0.4, 0.5) is 13.2 Å². The standard InChI is InChI=1S/C8H13F3N4O3S/c1-7(2,15-4-12-3-13-5-15)6(16)14-19(17,18)8(9,10)11/h4,13H,3,5H2,1-2H3,(H,14,16). The Balaban J connectivity index is 2.88. The van der Waals surface area contributed by atoms with Crippen LogP contribution in [0.15, 0.2) is 4.99 Å². The number of alkyl halides is 3. The lowest BCUT2D eigenvalue weighted by Gasteiger charge is -2.37. The van der Waals surface area contributed by atoms with Gasteiger partial charge in [0.05, 0.1) is 19.7 Å². The molecule has 0 saturated heterocycles. The minimum Gasteiger partial charge on any atom is -0.336 e. The molecule has 0 aromatic heterocycles. The van der Waals surface area contributed by atoms with Crippen molar-refractivity contribution in [1.82, 2.24) is 14.9 Å². The topological polar surface area (TPSA) is 90.9 Å². The summed E-state index contributed by atoms with van der Waals surface area (Å²) in [4.78, 5) is 16.8. The van der Waals surface area contributed by atoms with E-state index in [-0.39, 0.29) is 6.67 Å². The molecule has 1 heterocycles. The second kappa shape index (κ2) is 4.96. The number of sulfonamides is 1. The smallest absolute Gasteiger partial charge is 0.336 e. The fourth-order valence-electron chi connectivity index (χ4n) is 1.19. The number of nitrogens with zero attached hydrogens (tertiary/aromatic N) is 2. The van der Waals surface area contributed by atoms with Crippen LogP contribution in [0, 0.1) is 0 Å². The van der Waals surface area contributed by atoms with Gasteiger partial charge in [0.1, 0.15) is 5.54 Å². The Morgan fingerprint density at radius 3 is 2.42 bits per heavy atom. The van der Waals surface area contributed by atoms with Gasteiger partial charge in [-0.2, -0.15) is 21.6 Å². The second-order valence-corrected chi connectivity index (χ2v) is 5.95. The zero-order valence-electron chi connectivity index (χ0n) is 10.2. The van der Waals surface area contributed by atoms with Crippen LogP contribution in [-0.2, 0) is 14.8 Å². The molecule has 0 unspecified atom stereocenters. The molecule has 2 N–H and O–H groups in total. The highest BCUT2D eigenvalue weighted by Gasteiger charge is 2.49. The van der Waals surface area contributed by atoms with Crippen molar-refractivity contribution in [3.63, 3.8) is 0 Å². The Labute approximate surface area is 107 Å². The molecule has 7 nitrogen and oxygen atoms in total. The van der Waals surface area contributed by atoms with Gasteiger partial charge >= 0.3 is 15.5 Å². The number of carbonyl (C=O) groups excluding carboxylic acids is 1. The molecule has 0 spiro atoms. The second-order valence-electron chi connectivity index (χ2n) is 4.27. The van der Waals surface area contributed by atoms with Gasteiger partial charge in [0.15, 0.2) is 0 Å². The highest BCUT2D eigenvalue weighted by atomic mass is 32.2. The Hall–Kier alpha value is -1.36. The van der Waals surface area contributed by atoms with Crippen LogP contribution in [0.1, 0.15) is 13.8 Å². The number of hydrogen-bond acceptors (Lipinski definition) is 6. The van der Waals surface area contributed by atoms with E-state index in [4.69, 9.17) is 0 Å². The van der Waals surface area contributed by atoms with Crippen molar-refractivity contribution in [3.05, 3.63) is 0 Å². The first-order valence-corrected chi connectivity index (χ1v) is 6.58. The van der Waals surface area contributed by atoms with Gasteiger partial charge in [-0.25, -0.2) is 4.72 Å². The summed E-state index contributed by atoms with van der Waals surface area (Å²) in [5, 5.41) is 2.77. The van der Waals surface area contributed by atoms with Gasteiger partial charge in [-0.3, -0.25) is 15.1 Å². The first kappa shape index (κ1) is 15.7. The van der Waals surface area contributed by atoms with Crippen LogP contribution in [-0.4, -0.2) is 49.9 Å². The summed E-state index contributed by atoms with van der Waals surface area (Å²) < 4.78 is 59.3. The fraction of sp³-hybridized carbons (Fsp3) is 0.750. The first-order valence-electron chi connectivity index (χ1n) is 5.09. The van der Waals surface area contributed by atoms with Crippen LogP contribution < -0.4 is 10.0 Å². The van der Waals surface area contributed by atoms with Gasteiger partial charge in [0.25, 0.3) is 5.91 Å². The Bertz CT molecular complexity index is 486. The number of aliphatic imine (C=N–C) groups is 1. The molecule has 0 radical (unpaired) electrons. The molecular weight excluding hydrogens is 289 g/mol. The van der Waals surface area contributed by atoms with Crippen LogP contribution in [0.25, 0.3) is 0 Å². The lowest BCUT2D eigenvalue weighted by atomic mass is 10.0. The van der Waals surface area contributed by atoms with Crippen molar-refractivity contribution in [2.45, 2.75) is 24.9 Å². The number of halogens is 3. The van der Waals surface area contributed by atoms with Crippen LogP contribution in [0.2, 0.25) is 0 Å². The molecule has 110 valence electrons. The fourth-order valence-corrected chi connectivity index (χ4v) is 1.80. The maximum Gasteiger partial charge on any atom is 0.516 e. The van der Waals surface area contributed by atoms with E-state index in [9.17, 15) is 26.4 Å². The number of hydrogen-bond donors (Lipinski definition) is 2. The van der Waals surface area contributed by atoms with Gasteiger partial charge in [-0.1, -0.05) is 0 Å². The Kier molecular flexibility index (Phi) is 4.10. The first-order chi connectivity index (χ1) is 8.48. The van der Waals surface area contributed by atoms with Gasteiger partial charge in [0, 0.05) is 0 Å². The van der Waals surface area contributed by atoms with E-state index in [1.165, 1.54) is 25.1 Å². The summed E-state index contributed by atoms with van der Waals surface area (Å²) in [6, 6.07) is 0. The lowest BCUT2D eigenvalue weighted by molar-refractivity contribution is -0.128. The van der Waals surface area contributed by atoms with Crippen molar-refractivity contribution in [1.29, 1.82) is 0 Å². The van der Waals surface area contributed by atoms with E-state index in [0.717, 1.165) is 4.72 Å². The molecule has 0 aromatic rings. The summed E-state index contributed by atoms with van der Waals surface area (Å²) in [6.45, 7) is 3.05. The largest absolute Gasteiger partial charge is 0.516 e. The molecule has 0 fully saturated rings. The van der Waals surface area contributed by atoms with Gasteiger partial charge in [-0.15, -0.1) is 0 Å². The number of nitrogens with one attached hydrogen (secondary N) is 2. The Morgan fingerprint density at radius 1 is 1.42 bits per heavy atom. The van der Waals surface area contributed by atoms with Gasteiger partial charge < -0.3 is 4.90 Å². The third-order valence-electron chi connectivity index (χ3n) is 2.51. The third kappa shape index (κ3) is 3.35. The third-order valence-corrected chi connectivity index (χ3v) is 3.58. The predicted octanol–water partition coefficient (Wildman–Crippen LogP) is -0.421. The van der Waals surface area contributed by atoms with E-state index in [0.29, 0.717) is 6.67 Å². The molecule has 0 aromatic carbocycles. The molecule has 0 aliphatic carbocycles. The van der Waals surface area contributed by atoms with Crippen LogP contribution in [0.3, 0.4) is 0 Å². The monoisotopic (exact) mass is 302 g/mol. The number of rotatable bonds is 3. The molecule has 1 rings (SSSR count). The predicted molar refractivity (Wildman–Crippen MR) is 60.4 cm³/mol. The molecule has 0 bridgehead atoms. The average Bonchev–Trinajstić information content (AvgIpc) is 2.28. The van der Waals surface area contributed by atoms with Crippen molar-refractivity contribution in [2.75, 3.05) is 13.3 Å². The van der Waals surface area contributed by atoms with E-state index in [1.807, 2.05) is 0 Å². The molecular formula is C8H13F3N4O3S. The van der Waals surface area contributed by atoms with E-state index >= 15 is 0 Å². The van der Waals surface area contributed by atoms with Crippen molar-refractivity contribution in [3.8, 4) is 0 Å². The zero-order valence-corrected chi connectivity index (χ0v) is 11.0. The van der Waals surface area contributed by atoms with Crippen LogP contribution in [0.5, 0.6) is 0 Å². The van der Waals surface area contributed by atoms with E-state index in [1.54, 1.807) is 0 Å². The summed E-state index contributed by atoms with van der Waals surface area (Å²) in [6.07, 6.45) is 1.27. The van der Waals surface area contributed by atoms with Crippen molar-refractivity contribution in [2.24, 2.45) is 4.99 Å². The van der Waals surface area contributed by atoms with Crippen LogP contribution >= 0.6 is 0 Å². The molecule has 0 atom stereocenters. The summed E-state index contributed by atoms with van der Waals surface area (Å²) in [7, 11) is -5.71. The molecule has 1 aliphatic rings. The Morgan fingerprint density at radius 2 is 2.00 bits per heavy atom. The minimum atomic E-state index is -5.71. The van der Waals surface area contributed by atoms with E-state index < -0.39 is 27.0 Å².